The third-order valence-corrected chi connectivity index (χ3v) is 1.03. The van der Waals surface area contributed by atoms with Crippen LogP contribution >= 0.6 is 0 Å². The fourth-order valence-electron chi connectivity index (χ4n) is 0.576. The van der Waals surface area contributed by atoms with Crippen LogP contribution in [0.5, 0.6) is 0 Å². The fraction of sp³-hybridized carbons (Fsp3) is 0.500. The molecule has 0 radical (unpaired) electrons. The topological polar surface area (TPSA) is 49.9 Å². The lowest BCUT2D eigenvalue weighted by atomic mass is 10.7. The van der Waals surface area contributed by atoms with E-state index in [2.05, 4.69) is 15.5 Å². The van der Waals surface area contributed by atoms with Crippen LogP contribution in [-0.4, -0.2) is 30.1 Å². The molecule has 1 aromatic heterocycles. The highest BCUT2D eigenvalue weighted by atomic mass is 16.5. The summed E-state index contributed by atoms with van der Waals surface area (Å²) in [7, 11) is 0. The molecule has 0 aliphatic carbocycles. The van der Waals surface area contributed by atoms with Gasteiger partial charge in [0.05, 0.1) is 13.3 Å². The molecule has 0 saturated carbocycles. The molecule has 1 aliphatic heterocycles. The molecule has 0 atom stereocenters. The molecule has 0 aromatic carbocycles. The maximum Gasteiger partial charge on any atom is 0.0966 e. The van der Waals surface area contributed by atoms with Gasteiger partial charge in [0.15, 0.2) is 0 Å². The highest BCUT2D eigenvalue weighted by Crippen LogP contribution is 1.75. The molecule has 1 saturated heterocycles. The quantitative estimate of drug-likeness (QED) is 0.533. The Morgan fingerprint density at radius 3 is 2.70 bits per heavy atom. The first-order valence-electron chi connectivity index (χ1n) is 3.22. The zero-order valence-corrected chi connectivity index (χ0v) is 5.71. The lowest BCUT2D eigenvalue weighted by Gasteiger charge is -1.76. The maximum absolute atomic E-state index is 4.83. The molecule has 0 bridgehead atoms. The Morgan fingerprint density at radius 2 is 2.50 bits per heavy atom. The molecule has 2 heterocycles. The Labute approximate surface area is 59.6 Å². The number of hydrogen-bond acceptors (Lipinski definition) is 3. The Morgan fingerprint density at radius 1 is 1.50 bits per heavy atom. The second kappa shape index (κ2) is 4.96. The molecule has 0 amide bonds. The minimum absolute atomic E-state index is 0.750. The van der Waals surface area contributed by atoms with E-state index in [0.717, 1.165) is 19.9 Å². The Balaban J connectivity index is 0.0000001000. The van der Waals surface area contributed by atoms with Crippen molar-refractivity contribution in [2.24, 2.45) is 0 Å². The average molecular weight is 141 g/mol. The molecule has 2 rings (SSSR count). The van der Waals surface area contributed by atoms with Gasteiger partial charge >= 0.3 is 0 Å². The minimum atomic E-state index is 0.750. The molecular formula is C6H11N3O. The van der Waals surface area contributed by atoms with E-state index in [0.29, 0.717) is 0 Å². The van der Waals surface area contributed by atoms with E-state index in [9.17, 15) is 0 Å². The van der Waals surface area contributed by atoms with Crippen LogP contribution in [-0.2, 0) is 4.74 Å². The number of rotatable bonds is 0. The van der Waals surface area contributed by atoms with Crippen LogP contribution in [0.1, 0.15) is 0 Å². The van der Waals surface area contributed by atoms with Gasteiger partial charge in [-0.25, -0.2) is 0 Å². The zero-order chi connectivity index (χ0) is 7.07. The summed E-state index contributed by atoms with van der Waals surface area (Å²) in [5.74, 6) is 0. The lowest BCUT2D eigenvalue weighted by molar-refractivity contribution is 0.194. The SMILES string of the molecule is C1COCN1.c1cn[nH]c1. The fourth-order valence-corrected chi connectivity index (χ4v) is 0.576. The summed E-state index contributed by atoms with van der Waals surface area (Å²) in [6, 6.07) is 1.83. The van der Waals surface area contributed by atoms with Crippen LogP contribution in [0.25, 0.3) is 0 Å². The molecule has 4 heteroatoms. The Bertz CT molecular complexity index is 112. The van der Waals surface area contributed by atoms with Crippen molar-refractivity contribution in [2.45, 2.75) is 0 Å². The second-order valence-corrected chi connectivity index (χ2v) is 1.82. The van der Waals surface area contributed by atoms with Crippen molar-refractivity contribution in [3.8, 4) is 0 Å². The molecule has 4 nitrogen and oxygen atoms in total. The van der Waals surface area contributed by atoms with E-state index in [1.165, 1.54) is 0 Å². The van der Waals surface area contributed by atoms with Gasteiger partial charge in [0.2, 0.25) is 0 Å². The number of H-pyrrole nitrogens is 1. The number of nitrogens with zero attached hydrogens (tertiary/aromatic N) is 1. The van der Waals surface area contributed by atoms with E-state index in [4.69, 9.17) is 4.74 Å². The van der Waals surface area contributed by atoms with Gasteiger partial charge in [0.1, 0.15) is 0 Å². The van der Waals surface area contributed by atoms with Crippen molar-refractivity contribution < 1.29 is 4.74 Å². The van der Waals surface area contributed by atoms with Gasteiger partial charge in [0, 0.05) is 18.9 Å². The van der Waals surface area contributed by atoms with E-state index in [1.807, 2.05) is 6.07 Å². The predicted octanol–water partition coefficient (Wildman–Crippen LogP) is -0.0266. The highest BCUT2D eigenvalue weighted by Gasteiger charge is 1.92. The largest absolute Gasteiger partial charge is 0.365 e. The van der Waals surface area contributed by atoms with Crippen LogP contribution in [0.2, 0.25) is 0 Å². The summed E-state index contributed by atoms with van der Waals surface area (Å²) in [6.45, 7) is 2.67. The smallest absolute Gasteiger partial charge is 0.0966 e. The second-order valence-electron chi connectivity index (χ2n) is 1.82. The van der Waals surface area contributed by atoms with Crippen LogP contribution in [0.3, 0.4) is 0 Å². The third kappa shape index (κ3) is 3.21. The van der Waals surface area contributed by atoms with Gasteiger partial charge in [-0.3, -0.25) is 10.4 Å². The van der Waals surface area contributed by atoms with Crippen molar-refractivity contribution in [1.29, 1.82) is 0 Å². The maximum atomic E-state index is 4.83. The molecule has 2 N–H and O–H groups in total. The standard InChI is InChI=1S/C3H4N2.C3H7NO/c1-2-4-5-3-1;1-2-5-3-4-1/h1-3H,(H,4,5);4H,1-3H2. The van der Waals surface area contributed by atoms with Crippen LogP contribution in [0.15, 0.2) is 18.5 Å². The number of ether oxygens (including phenoxy) is 1. The minimum Gasteiger partial charge on any atom is -0.365 e. The van der Waals surface area contributed by atoms with Crippen molar-refractivity contribution in [3.05, 3.63) is 18.5 Å². The zero-order valence-electron chi connectivity index (χ0n) is 5.71. The molecule has 0 spiro atoms. The van der Waals surface area contributed by atoms with Crippen LogP contribution in [0.4, 0.5) is 0 Å². The summed E-state index contributed by atoms with van der Waals surface area (Å²) in [5.41, 5.74) is 0. The molecule has 1 aromatic rings. The van der Waals surface area contributed by atoms with Crippen LogP contribution in [0, 0.1) is 0 Å². The van der Waals surface area contributed by atoms with Gasteiger partial charge in [-0.05, 0) is 6.07 Å². The molecule has 1 aliphatic rings. The van der Waals surface area contributed by atoms with Gasteiger partial charge in [-0.15, -0.1) is 0 Å². The number of aromatic amines is 1. The first-order valence-corrected chi connectivity index (χ1v) is 3.22. The van der Waals surface area contributed by atoms with E-state index >= 15 is 0 Å². The monoisotopic (exact) mass is 141 g/mol. The molecule has 0 unspecified atom stereocenters. The molecular weight excluding hydrogens is 130 g/mol. The Hall–Kier alpha value is -0.870. The van der Waals surface area contributed by atoms with Crippen molar-refractivity contribution in [1.82, 2.24) is 15.5 Å². The summed E-state index contributed by atoms with van der Waals surface area (Å²) < 4.78 is 4.83. The normalized spacial score (nSPS) is 16.0. The van der Waals surface area contributed by atoms with Gasteiger partial charge < -0.3 is 4.74 Å². The van der Waals surface area contributed by atoms with Crippen molar-refractivity contribution in [3.63, 3.8) is 0 Å². The number of aromatic nitrogens is 2. The summed E-state index contributed by atoms with van der Waals surface area (Å²) in [6.07, 6.45) is 3.46. The Kier molecular flexibility index (Phi) is 3.59. The van der Waals surface area contributed by atoms with Crippen molar-refractivity contribution >= 4 is 0 Å². The van der Waals surface area contributed by atoms with Gasteiger partial charge in [-0.2, -0.15) is 5.10 Å². The lowest BCUT2D eigenvalue weighted by Crippen LogP contribution is -2.05. The summed E-state index contributed by atoms with van der Waals surface area (Å²) in [4.78, 5) is 0. The number of hydrogen-bond donors (Lipinski definition) is 2. The first kappa shape index (κ1) is 7.24. The first-order chi connectivity index (χ1) is 5.00. The average Bonchev–Trinajstić information content (AvgIpc) is 2.67. The van der Waals surface area contributed by atoms with E-state index < -0.39 is 0 Å². The van der Waals surface area contributed by atoms with Crippen molar-refractivity contribution in [2.75, 3.05) is 19.9 Å². The van der Waals surface area contributed by atoms with Crippen LogP contribution < -0.4 is 5.32 Å². The predicted molar refractivity (Wildman–Crippen MR) is 37.4 cm³/mol. The van der Waals surface area contributed by atoms with Gasteiger partial charge in [0.25, 0.3) is 0 Å². The van der Waals surface area contributed by atoms with E-state index in [1.54, 1.807) is 12.4 Å². The highest BCUT2D eigenvalue weighted by molar-refractivity contribution is 4.72. The summed E-state index contributed by atoms with van der Waals surface area (Å²) >= 11 is 0. The number of nitrogens with one attached hydrogen (secondary N) is 2. The van der Waals surface area contributed by atoms with Gasteiger partial charge in [-0.1, -0.05) is 0 Å². The van der Waals surface area contributed by atoms with E-state index in [-0.39, 0.29) is 0 Å². The third-order valence-electron chi connectivity index (χ3n) is 1.03. The summed E-state index contributed by atoms with van der Waals surface area (Å²) in [5, 5.41) is 9.21. The molecule has 1 fully saturated rings. The molecule has 56 valence electrons. The molecule has 10 heavy (non-hydrogen) atoms.